The quantitative estimate of drug-likeness (QED) is 0.277. The van der Waals surface area contributed by atoms with Gasteiger partial charge in [-0.05, 0) is 25.1 Å². The van der Waals surface area contributed by atoms with Crippen molar-refractivity contribution in [3.05, 3.63) is 48.0 Å². The van der Waals surface area contributed by atoms with Crippen LogP contribution in [-0.2, 0) is 19.0 Å². The summed E-state index contributed by atoms with van der Waals surface area (Å²) in [6, 6.07) is 12.0. The van der Waals surface area contributed by atoms with Crippen molar-refractivity contribution in [1.29, 1.82) is 0 Å². The van der Waals surface area contributed by atoms with E-state index in [4.69, 9.17) is 28.4 Å². The minimum atomic E-state index is -0.909. The molecule has 0 fully saturated rings. The highest BCUT2D eigenvalue weighted by Crippen LogP contribution is 2.36. The highest BCUT2D eigenvalue weighted by atomic mass is 32.1. The number of para-hydroxylation sites is 1. The van der Waals surface area contributed by atoms with Crippen LogP contribution in [0.2, 0.25) is 0 Å². The van der Waals surface area contributed by atoms with Crippen LogP contribution >= 0.6 is 12.6 Å². The number of ether oxygens (including phenoxy) is 6. The number of nitrogens with one attached hydrogen (secondary N) is 1. The zero-order chi connectivity index (χ0) is 25.0. The zero-order valence-electron chi connectivity index (χ0n) is 19.3. The van der Waals surface area contributed by atoms with Crippen molar-refractivity contribution in [2.24, 2.45) is 0 Å². The number of rotatable bonds is 13. The van der Waals surface area contributed by atoms with E-state index in [1.54, 1.807) is 42.5 Å². The molecule has 3 rings (SSSR count). The first kappa shape index (κ1) is 26.5. The lowest BCUT2D eigenvalue weighted by Crippen LogP contribution is -2.30. The lowest BCUT2D eigenvalue weighted by Gasteiger charge is -2.28. The van der Waals surface area contributed by atoms with Gasteiger partial charge in [-0.2, -0.15) is 12.6 Å². The molecule has 1 heterocycles. The average Bonchev–Trinajstić information content (AvgIpc) is 3.33. The molecule has 0 aliphatic carbocycles. The van der Waals surface area contributed by atoms with Gasteiger partial charge in [-0.15, -0.1) is 0 Å². The van der Waals surface area contributed by atoms with Crippen LogP contribution in [-0.4, -0.2) is 62.2 Å². The summed E-state index contributed by atoms with van der Waals surface area (Å²) in [4.78, 5) is 24.4. The summed E-state index contributed by atoms with van der Waals surface area (Å²) in [5, 5.41) is 11.9. The van der Waals surface area contributed by atoms with Gasteiger partial charge in [0.2, 0.25) is 6.79 Å². The van der Waals surface area contributed by atoms with Gasteiger partial charge in [-0.3, -0.25) is 10.1 Å². The molecule has 2 N–H and O–H groups in total. The van der Waals surface area contributed by atoms with Gasteiger partial charge >= 0.3 is 12.1 Å². The summed E-state index contributed by atoms with van der Waals surface area (Å²) in [6.07, 6.45) is -2.05. The van der Waals surface area contributed by atoms with Crippen LogP contribution in [0.3, 0.4) is 0 Å². The number of thiol groups is 1. The van der Waals surface area contributed by atoms with E-state index in [2.05, 4.69) is 17.9 Å². The first-order valence-corrected chi connectivity index (χ1v) is 11.8. The van der Waals surface area contributed by atoms with Gasteiger partial charge in [-0.25, -0.2) is 4.79 Å². The second-order valence-corrected chi connectivity index (χ2v) is 7.61. The smallest absolute Gasteiger partial charge is 0.412 e. The normalized spacial score (nSPS) is 13.6. The third-order valence-electron chi connectivity index (χ3n) is 4.94. The summed E-state index contributed by atoms with van der Waals surface area (Å²) < 4.78 is 33.2. The maximum absolute atomic E-state index is 12.9. The molecule has 2 atom stereocenters. The molecule has 190 valence electrons. The largest absolute Gasteiger partial charge is 0.491 e. The van der Waals surface area contributed by atoms with Gasteiger partial charge in [0, 0.05) is 30.3 Å². The van der Waals surface area contributed by atoms with Crippen LogP contribution in [0.4, 0.5) is 10.5 Å². The van der Waals surface area contributed by atoms with Gasteiger partial charge < -0.3 is 33.5 Å². The zero-order valence-corrected chi connectivity index (χ0v) is 20.2. The molecule has 0 bridgehead atoms. The summed E-state index contributed by atoms with van der Waals surface area (Å²) in [6.45, 7) is 2.18. The Bertz CT molecular complexity index is 987. The minimum absolute atomic E-state index is 0.0466. The van der Waals surface area contributed by atoms with Crippen LogP contribution in [0.5, 0.6) is 17.2 Å². The SMILES string of the molecule is CCO[C@@H](CCOC(=O)CS)[C@@H](OC(=O)Nc1ccc2c(c1)OCO2)c1ccccc1OCCO. The first-order chi connectivity index (χ1) is 17.0. The molecule has 1 aliphatic heterocycles. The molecule has 0 saturated carbocycles. The Labute approximate surface area is 208 Å². The Kier molecular flexibility index (Phi) is 10.3. The van der Waals surface area contributed by atoms with Crippen molar-refractivity contribution in [2.75, 3.05) is 44.3 Å². The molecule has 11 heteroatoms. The maximum Gasteiger partial charge on any atom is 0.412 e. The van der Waals surface area contributed by atoms with E-state index in [9.17, 15) is 14.7 Å². The molecule has 0 unspecified atom stereocenters. The molecule has 2 aromatic carbocycles. The van der Waals surface area contributed by atoms with Crippen molar-refractivity contribution < 1.29 is 43.1 Å². The predicted molar refractivity (Wildman–Crippen MR) is 129 cm³/mol. The van der Waals surface area contributed by atoms with Crippen LogP contribution in [0, 0.1) is 0 Å². The van der Waals surface area contributed by atoms with Crippen LogP contribution < -0.4 is 19.5 Å². The minimum Gasteiger partial charge on any atom is -0.491 e. The monoisotopic (exact) mass is 507 g/mol. The third kappa shape index (κ3) is 7.67. The van der Waals surface area contributed by atoms with E-state index in [1.165, 1.54) is 0 Å². The fourth-order valence-electron chi connectivity index (χ4n) is 3.45. The van der Waals surface area contributed by atoms with E-state index in [1.807, 2.05) is 6.92 Å². The number of carbonyl (C=O) groups excluding carboxylic acids is 2. The standard InChI is InChI=1S/C24H29NO9S/c1-2-29-20(9-11-31-22(27)14-35)23(17-5-3-4-6-18(17)30-12-10-26)34-24(28)25-16-7-8-19-21(13-16)33-15-32-19/h3-8,13,20,23,26,35H,2,9-12,14-15H2,1H3,(H,25,28)/t20-,23-/m0/s1. The lowest BCUT2D eigenvalue weighted by molar-refractivity contribution is -0.142. The molecule has 0 aromatic heterocycles. The highest BCUT2D eigenvalue weighted by Gasteiger charge is 2.31. The number of hydrogen-bond acceptors (Lipinski definition) is 10. The lowest BCUT2D eigenvalue weighted by atomic mass is 10.0. The molecule has 1 amide bonds. The number of hydrogen-bond donors (Lipinski definition) is 3. The van der Waals surface area contributed by atoms with Crippen LogP contribution in [0.25, 0.3) is 0 Å². The molecule has 2 aromatic rings. The topological polar surface area (TPSA) is 122 Å². The summed E-state index contributed by atoms with van der Waals surface area (Å²) in [5.41, 5.74) is 0.999. The number of fused-ring (bicyclic) bond motifs is 1. The Morgan fingerprint density at radius 3 is 2.71 bits per heavy atom. The van der Waals surface area contributed by atoms with Gasteiger partial charge in [0.15, 0.2) is 17.6 Å². The Morgan fingerprint density at radius 2 is 1.94 bits per heavy atom. The summed E-state index contributed by atoms with van der Waals surface area (Å²) in [5.74, 6) is 1.02. The number of anilines is 1. The molecular weight excluding hydrogens is 478 g/mol. The van der Waals surface area contributed by atoms with Crippen molar-refractivity contribution >= 4 is 30.4 Å². The fraction of sp³-hybridized carbons (Fsp3) is 0.417. The van der Waals surface area contributed by atoms with E-state index in [0.717, 1.165) is 0 Å². The highest BCUT2D eigenvalue weighted by molar-refractivity contribution is 7.81. The van der Waals surface area contributed by atoms with Gasteiger partial charge in [0.1, 0.15) is 18.5 Å². The van der Waals surface area contributed by atoms with E-state index in [0.29, 0.717) is 35.1 Å². The van der Waals surface area contributed by atoms with Crippen molar-refractivity contribution in [3.8, 4) is 17.2 Å². The van der Waals surface area contributed by atoms with Crippen molar-refractivity contribution in [1.82, 2.24) is 0 Å². The van der Waals surface area contributed by atoms with E-state index in [-0.39, 0.29) is 38.8 Å². The number of benzene rings is 2. The predicted octanol–water partition coefficient (Wildman–Crippen LogP) is 3.34. The second kappa shape index (κ2) is 13.7. The summed E-state index contributed by atoms with van der Waals surface area (Å²) in [7, 11) is 0. The van der Waals surface area contributed by atoms with Gasteiger partial charge in [0.25, 0.3) is 0 Å². The Morgan fingerprint density at radius 1 is 1.14 bits per heavy atom. The second-order valence-electron chi connectivity index (χ2n) is 7.29. The number of carbonyl (C=O) groups is 2. The van der Waals surface area contributed by atoms with Crippen LogP contribution in [0.15, 0.2) is 42.5 Å². The molecule has 0 saturated heterocycles. The van der Waals surface area contributed by atoms with Crippen LogP contribution in [0.1, 0.15) is 25.0 Å². The number of aliphatic hydroxyl groups is 1. The Hall–Kier alpha value is -3.15. The van der Waals surface area contributed by atoms with E-state index < -0.39 is 24.3 Å². The number of esters is 1. The first-order valence-electron chi connectivity index (χ1n) is 11.1. The van der Waals surface area contributed by atoms with Crippen molar-refractivity contribution in [2.45, 2.75) is 25.6 Å². The van der Waals surface area contributed by atoms with Gasteiger partial charge in [-0.1, -0.05) is 18.2 Å². The summed E-state index contributed by atoms with van der Waals surface area (Å²) >= 11 is 3.91. The Balaban J connectivity index is 1.82. The third-order valence-corrected chi connectivity index (χ3v) is 5.20. The molecule has 1 aliphatic rings. The maximum atomic E-state index is 12.9. The molecular formula is C24H29NO9S. The molecule has 0 spiro atoms. The molecule has 35 heavy (non-hydrogen) atoms. The molecule has 0 radical (unpaired) electrons. The van der Waals surface area contributed by atoms with E-state index >= 15 is 0 Å². The van der Waals surface area contributed by atoms with Crippen molar-refractivity contribution in [3.63, 3.8) is 0 Å². The number of amides is 1. The van der Waals surface area contributed by atoms with Gasteiger partial charge in [0.05, 0.1) is 19.0 Å². The fourth-order valence-corrected chi connectivity index (χ4v) is 3.54. The molecule has 10 nitrogen and oxygen atoms in total. The average molecular weight is 508 g/mol. The number of aliphatic hydroxyl groups excluding tert-OH is 1.